The maximum atomic E-state index is 12.0. The fraction of sp³-hybridized carbons (Fsp3) is 0.500. The van der Waals surface area contributed by atoms with E-state index in [1.165, 1.54) is 5.56 Å². The molecule has 3 nitrogen and oxygen atoms in total. The molecule has 2 atom stereocenters. The lowest BCUT2D eigenvalue weighted by molar-refractivity contribution is -0.125. The van der Waals surface area contributed by atoms with Crippen LogP contribution in [0.15, 0.2) is 30.3 Å². The van der Waals surface area contributed by atoms with E-state index in [1.54, 1.807) is 0 Å². The van der Waals surface area contributed by atoms with Gasteiger partial charge in [0.2, 0.25) is 5.91 Å². The summed E-state index contributed by atoms with van der Waals surface area (Å²) in [4.78, 5) is 12.0. The molecular weight excluding hydrogens is 294 g/mol. The molecular formula is C14H18BrNO2. The Morgan fingerprint density at radius 2 is 2.22 bits per heavy atom. The van der Waals surface area contributed by atoms with Crippen molar-refractivity contribution in [3.05, 3.63) is 35.9 Å². The molecule has 1 saturated heterocycles. The molecule has 2 rings (SSSR count). The van der Waals surface area contributed by atoms with E-state index in [0.29, 0.717) is 13.2 Å². The van der Waals surface area contributed by atoms with E-state index < -0.39 is 0 Å². The van der Waals surface area contributed by atoms with E-state index in [-0.39, 0.29) is 17.9 Å². The molecule has 1 N–H and O–H groups in total. The monoisotopic (exact) mass is 311 g/mol. The van der Waals surface area contributed by atoms with Crippen LogP contribution in [0.1, 0.15) is 12.0 Å². The summed E-state index contributed by atoms with van der Waals surface area (Å²) in [5.74, 6) is 0.148. The third-order valence-corrected chi connectivity index (χ3v) is 3.94. The van der Waals surface area contributed by atoms with Crippen molar-refractivity contribution in [3.63, 3.8) is 0 Å². The second-order valence-electron chi connectivity index (χ2n) is 4.61. The summed E-state index contributed by atoms with van der Waals surface area (Å²) >= 11 is 3.46. The highest BCUT2D eigenvalue weighted by Gasteiger charge is 2.25. The Labute approximate surface area is 116 Å². The van der Waals surface area contributed by atoms with E-state index in [1.807, 2.05) is 18.2 Å². The fourth-order valence-electron chi connectivity index (χ4n) is 2.10. The number of benzene rings is 1. The SMILES string of the molecule is O=C(NC(CBr)Cc1ccccc1)C1CCOC1. The third-order valence-electron chi connectivity index (χ3n) is 3.16. The van der Waals surface area contributed by atoms with Crippen LogP contribution in [0.25, 0.3) is 0 Å². The van der Waals surface area contributed by atoms with Crippen LogP contribution in [0.4, 0.5) is 0 Å². The van der Waals surface area contributed by atoms with Crippen LogP contribution in [-0.2, 0) is 16.0 Å². The van der Waals surface area contributed by atoms with Crippen LogP contribution in [0.2, 0.25) is 0 Å². The number of rotatable bonds is 5. The van der Waals surface area contributed by atoms with Gasteiger partial charge in [0.1, 0.15) is 0 Å². The van der Waals surface area contributed by atoms with Crippen LogP contribution >= 0.6 is 15.9 Å². The molecule has 4 heteroatoms. The van der Waals surface area contributed by atoms with Crippen LogP contribution < -0.4 is 5.32 Å². The van der Waals surface area contributed by atoms with E-state index in [2.05, 4.69) is 33.4 Å². The number of hydrogen-bond acceptors (Lipinski definition) is 2. The van der Waals surface area contributed by atoms with Gasteiger partial charge < -0.3 is 10.1 Å². The molecule has 1 aliphatic heterocycles. The van der Waals surface area contributed by atoms with E-state index in [4.69, 9.17) is 4.74 Å². The molecule has 0 spiro atoms. The molecule has 1 amide bonds. The number of halogens is 1. The van der Waals surface area contributed by atoms with Gasteiger partial charge in [-0.3, -0.25) is 4.79 Å². The van der Waals surface area contributed by atoms with Gasteiger partial charge in [0, 0.05) is 18.0 Å². The number of carbonyl (C=O) groups is 1. The van der Waals surface area contributed by atoms with Gasteiger partial charge in [-0.1, -0.05) is 46.3 Å². The summed E-state index contributed by atoms with van der Waals surface area (Å²) in [7, 11) is 0. The maximum Gasteiger partial charge on any atom is 0.225 e. The summed E-state index contributed by atoms with van der Waals surface area (Å²) in [6.07, 6.45) is 1.69. The maximum absolute atomic E-state index is 12.0. The molecule has 0 radical (unpaired) electrons. The van der Waals surface area contributed by atoms with E-state index >= 15 is 0 Å². The highest BCUT2D eigenvalue weighted by molar-refractivity contribution is 9.09. The summed E-state index contributed by atoms with van der Waals surface area (Å²) in [6, 6.07) is 10.4. The Morgan fingerprint density at radius 1 is 1.44 bits per heavy atom. The van der Waals surface area contributed by atoms with Crippen molar-refractivity contribution in [1.29, 1.82) is 0 Å². The van der Waals surface area contributed by atoms with Crippen molar-refractivity contribution < 1.29 is 9.53 Å². The number of amides is 1. The highest BCUT2D eigenvalue weighted by Crippen LogP contribution is 2.13. The molecule has 1 aromatic carbocycles. The second-order valence-corrected chi connectivity index (χ2v) is 5.26. The predicted molar refractivity (Wildman–Crippen MR) is 74.8 cm³/mol. The molecule has 0 aromatic heterocycles. The molecule has 1 fully saturated rings. The first kappa shape index (κ1) is 13.6. The van der Waals surface area contributed by atoms with Crippen LogP contribution in [0, 0.1) is 5.92 Å². The van der Waals surface area contributed by atoms with Crippen molar-refractivity contribution in [2.24, 2.45) is 5.92 Å². The molecule has 18 heavy (non-hydrogen) atoms. The minimum Gasteiger partial charge on any atom is -0.381 e. The normalized spacial score (nSPS) is 20.6. The zero-order valence-electron chi connectivity index (χ0n) is 10.3. The summed E-state index contributed by atoms with van der Waals surface area (Å²) < 4.78 is 5.24. The number of ether oxygens (including phenoxy) is 1. The smallest absolute Gasteiger partial charge is 0.225 e. The Bertz CT molecular complexity index is 377. The predicted octanol–water partition coefficient (Wildman–Crippen LogP) is 2.15. The Balaban J connectivity index is 1.87. The van der Waals surface area contributed by atoms with E-state index in [9.17, 15) is 4.79 Å². The zero-order valence-corrected chi connectivity index (χ0v) is 11.9. The second kappa shape index (κ2) is 6.90. The first-order valence-corrected chi connectivity index (χ1v) is 7.39. The molecule has 1 aliphatic rings. The lowest BCUT2D eigenvalue weighted by Gasteiger charge is -2.18. The summed E-state index contributed by atoms with van der Waals surface area (Å²) in [5, 5.41) is 3.86. The number of nitrogens with one attached hydrogen (secondary N) is 1. The Morgan fingerprint density at radius 3 is 2.83 bits per heavy atom. The minimum atomic E-state index is 0.0299. The number of carbonyl (C=O) groups excluding carboxylic acids is 1. The van der Waals surface area contributed by atoms with Gasteiger partial charge in [-0.15, -0.1) is 0 Å². The lowest BCUT2D eigenvalue weighted by atomic mass is 10.0. The third kappa shape index (κ3) is 3.82. The van der Waals surface area contributed by atoms with Crippen LogP contribution in [-0.4, -0.2) is 30.5 Å². The molecule has 2 unspecified atom stereocenters. The molecule has 0 saturated carbocycles. The van der Waals surface area contributed by atoms with Crippen LogP contribution in [0.3, 0.4) is 0 Å². The molecule has 0 aliphatic carbocycles. The Hall–Kier alpha value is -0.870. The molecule has 98 valence electrons. The minimum absolute atomic E-state index is 0.0299. The van der Waals surface area contributed by atoms with Crippen molar-refractivity contribution in [3.8, 4) is 0 Å². The number of hydrogen-bond donors (Lipinski definition) is 1. The molecule has 1 aromatic rings. The average molecular weight is 312 g/mol. The van der Waals surface area contributed by atoms with Crippen molar-refractivity contribution in [2.75, 3.05) is 18.5 Å². The topological polar surface area (TPSA) is 38.3 Å². The quantitative estimate of drug-likeness (QED) is 0.846. The van der Waals surface area contributed by atoms with Crippen molar-refractivity contribution in [1.82, 2.24) is 5.32 Å². The number of alkyl halides is 1. The van der Waals surface area contributed by atoms with Crippen LogP contribution in [0.5, 0.6) is 0 Å². The average Bonchev–Trinajstić information content (AvgIpc) is 2.93. The largest absolute Gasteiger partial charge is 0.381 e. The van der Waals surface area contributed by atoms with Gasteiger partial charge >= 0.3 is 0 Å². The van der Waals surface area contributed by atoms with Gasteiger partial charge in [0.15, 0.2) is 0 Å². The highest BCUT2D eigenvalue weighted by atomic mass is 79.9. The van der Waals surface area contributed by atoms with Gasteiger partial charge in [-0.05, 0) is 18.4 Å². The van der Waals surface area contributed by atoms with E-state index in [0.717, 1.165) is 18.2 Å². The van der Waals surface area contributed by atoms with Gasteiger partial charge in [0.25, 0.3) is 0 Å². The van der Waals surface area contributed by atoms with Crippen molar-refractivity contribution in [2.45, 2.75) is 18.9 Å². The van der Waals surface area contributed by atoms with Gasteiger partial charge in [-0.25, -0.2) is 0 Å². The molecule has 1 heterocycles. The van der Waals surface area contributed by atoms with Gasteiger partial charge in [-0.2, -0.15) is 0 Å². The lowest BCUT2D eigenvalue weighted by Crippen LogP contribution is -2.41. The Kier molecular flexibility index (Phi) is 5.20. The first-order chi connectivity index (χ1) is 8.79. The standard InChI is InChI=1S/C14H18BrNO2/c15-9-13(8-11-4-2-1-3-5-11)16-14(17)12-6-7-18-10-12/h1-5,12-13H,6-10H2,(H,16,17). The molecule has 0 bridgehead atoms. The summed E-state index contributed by atoms with van der Waals surface area (Å²) in [5.41, 5.74) is 1.24. The zero-order chi connectivity index (χ0) is 12.8. The van der Waals surface area contributed by atoms with Gasteiger partial charge in [0.05, 0.1) is 12.5 Å². The fourth-order valence-corrected chi connectivity index (χ4v) is 2.49. The van der Waals surface area contributed by atoms with Crippen molar-refractivity contribution >= 4 is 21.8 Å². The summed E-state index contributed by atoms with van der Waals surface area (Å²) in [6.45, 7) is 1.27. The first-order valence-electron chi connectivity index (χ1n) is 6.27.